The van der Waals surface area contributed by atoms with Crippen molar-refractivity contribution in [2.24, 2.45) is 0 Å². The van der Waals surface area contributed by atoms with Crippen molar-refractivity contribution in [3.63, 3.8) is 0 Å². The number of fused-ring (bicyclic) bond motifs is 3. The highest BCUT2D eigenvalue weighted by Gasteiger charge is 2.17. The number of nitrogens with one attached hydrogen (secondary N) is 2. The van der Waals surface area contributed by atoms with Gasteiger partial charge in [0.25, 0.3) is 0 Å². The van der Waals surface area contributed by atoms with Gasteiger partial charge in [-0.15, -0.1) is 0 Å². The number of rotatable bonds is 0. The summed E-state index contributed by atoms with van der Waals surface area (Å²) in [7, 11) is 0. The Labute approximate surface area is 80.9 Å². The van der Waals surface area contributed by atoms with Crippen LogP contribution in [0.15, 0.2) is 18.2 Å². The standard InChI is InChI=1S/C10H9ClN2/c11-7-2-1-3-8-10(7)6-4-12-5-9(6)13-8/h1-3,12-13H,4-5H2. The maximum absolute atomic E-state index is 6.13. The number of H-pyrrole nitrogens is 1. The summed E-state index contributed by atoms with van der Waals surface area (Å²) in [4.78, 5) is 3.37. The second-order valence-electron chi connectivity index (χ2n) is 3.35. The van der Waals surface area contributed by atoms with Crippen molar-refractivity contribution >= 4 is 22.5 Å². The van der Waals surface area contributed by atoms with Gasteiger partial charge in [0.2, 0.25) is 0 Å². The molecule has 0 atom stereocenters. The average Bonchev–Trinajstić information content (AvgIpc) is 2.62. The van der Waals surface area contributed by atoms with E-state index in [0.29, 0.717) is 0 Å². The van der Waals surface area contributed by atoms with Gasteiger partial charge in [0.15, 0.2) is 0 Å². The average molecular weight is 193 g/mol. The van der Waals surface area contributed by atoms with E-state index in [-0.39, 0.29) is 0 Å². The first-order valence-electron chi connectivity index (χ1n) is 4.35. The predicted molar refractivity (Wildman–Crippen MR) is 53.9 cm³/mol. The number of aromatic nitrogens is 1. The molecule has 2 aromatic rings. The van der Waals surface area contributed by atoms with Crippen LogP contribution in [0.2, 0.25) is 5.02 Å². The van der Waals surface area contributed by atoms with Gasteiger partial charge < -0.3 is 10.3 Å². The molecule has 1 aromatic heterocycles. The van der Waals surface area contributed by atoms with Crippen molar-refractivity contribution in [3.05, 3.63) is 34.5 Å². The summed E-state index contributed by atoms with van der Waals surface area (Å²) in [6, 6.07) is 5.99. The number of hydrogen-bond donors (Lipinski definition) is 2. The molecule has 13 heavy (non-hydrogen) atoms. The third-order valence-electron chi connectivity index (χ3n) is 2.57. The van der Waals surface area contributed by atoms with Crippen molar-refractivity contribution in [2.45, 2.75) is 13.1 Å². The fourth-order valence-electron chi connectivity index (χ4n) is 1.98. The first-order valence-corrected chi connectivity index (χ1v) is 4.73. The lowest BCUT2D eigenvalue weighted by molar-refractivity contribution is 0.757. The van der Waals surface area contributed by atoms with Gasteiger partial charge in [-0.2, -0.15) is 0 Å². The van der Waals surface area contributed by atoms with Crippen molar-refractivity contribution in [1.82, 2.24) is 10.3 Å². The van der Waals surface area contributed by atoms with E-state index in [9.17, 15) is 0 Å². The van der Waals surface area contributed by atoms with Crippen LogP contribution in [0.25, 0.3) is 10.9 Å². The molecule has 3 rings (SSSR count). The van der Waals surface area contributed by atoms with E-state index in [4.69, 9.17) is 11.6 Å². The molecule has 0 bridgehead atoms. The van der Waals surface area contributed by atoms with Crippen molar-refractivity contribution < 1.29 is 0 Å². The van der Waals surface area contributed by atoms with Crippen LogP contribution in [0.1, 0.15) is 11.3 Å². The molecule has 1 aliphatic rings. The van der Waals surface area contributed by atoms with E-state index < -0.39 is 0 Å². The molecule has 1 aromatic carbocycles. The molecule has 2 N–H and O–H groups in total. The topological polar surface area (TPSA) is 27.8 Å². The molecule has 0 fully saturated rings. The zero-order valence-corrected chi connectivity index (χ0v) is 7.78. The predicted octanol–water partition coefficient (Wildman–Crippen LogP) is 2.42. The molecule has 0 unspecified atom stereocenters. The first-order chi connectivity index (χ1) is 6.36. The van der Waals surface area contributed by atoms with Crippen molar-refractivity contribution in [1.29, 1.82) is 0 Å². The zero-order valence-electron chi connectivity index (χ0n) is 7.02. The minimum atomic E-state index is 0.846. The lowest BCUT2D eigenvalue weighted by Gasteiger charge is -1.96. The molecule has 3 heteroatoms. The Morgan fingerprint density at radius 1 is 1.23 bits per heavy atom. The third kappa shape index (κ3) is 0.929. The van der Waals surface area contributed by atoms with E-state index in [1.165, 1.54) is 16.6 Å². The molecule has 1 aliphatic heterocycles. The smallest absolute Gasteiger partial charge is 0.0503 e. The fourth-order valence-corrected chi connectivity index (χ4v) is 2.27. The van der Waals surface area contributed by atoms with Gasteiger partial charge in [0, 0.05) is 29.7 Å². The van der Waals surface area contributed by atoms with Crippen LogP contribution in [-0.2, 0) is 13.1 Å². The van der Waals surface area contributed by atoms with Gasteiger partial charge in [-0.25, -0.2) is 0 Å². The molecule has 2 nitrogen and oxygen atoms in total. The third-order valence-corrected chi connectivity index (χ3v) is 2.88. The molecule has 0 saturated carbocycles. The Kier molecular flexibility index (Phi) is 1.43. The number of halogens is 1. The highest BCUT2D eigenvalue weighted by Crippen LogP contribution is 2.31. The second-order valence-corrected chi connectivity index (χ2v) is 3.76. The van der Waals surface area contributed by atoms with E-state index in [2.05, 4.69) is 16.4 Å². The maximum atomic E-state index is 6.13. The molecule has 0 radical (unpaired) electrons. The van der Waals surface area contributed by atoms with Crippen molar-refractivity contribution in [3.8, 4) is 0 Å². The summed E-state index contributed by atoms with van der Waals surface area (Å²) in [6.07, 6.45) is 0. The zero-order chi connectivity index (χ0) is 8.84. The Morgan fingerprint density at radius 3 is 3.08 bits per heavy atom. The van der Waals surface area contributed by atoms with Gasteiger partial charge in [-0.3, -0.25) is 0 Å². The first kappa shape index (κ1) is 7.42. The quantitative estimate of drug-likeness (QED) is 0.659. The monoisotopic (exact) mass is 192 g/mol. The minimum absolute atomic E-state index is 0.846. The molecule has 2 heterocycles. The van der Waals surface area contributed by atoms with E-state index in [0.717, 1.165) is 23.6 Å². The lowest BCUT2D eigenvalue weighted by atomic mass is 10.1. The summed E-state index contributed by atoms with van der Waals surface area (Å²) in [5.41, 5.74) is 3.77. The van der Waals surface area contributed by atoms with Gasteiger partial charge in [0.1, 0.15) is 0 Å². The van der Waals surface area contributed by atoms with Gasteiger partial charge in [-0.1, -0.05) is 17.7 Å². The summed E-state index contributed by atoms with van der Waals surface area (Å²) >= 11 is 6.13. The Morgan fingerprint density at radius 2 is 2.15 bits per heavy atom. The number of hydrogen-bond acceptors (Lipinski definition) is 1. The SMILES string of the molecule is Clc1cccc2[nH]c3c(c12)CNC3. The molecule has 66 valence electrons. The number of aromatic amines is 1. The van der Waals surface area contributed by atoms with Crippen LogP contribution in [0.4, 0.5) is 0 Å². The lowest BCUT2D eigenvalue weighted by Crippen LogP contribution is -2.01. The molecule has 0 aliphatic carbocycles. The molecule has 0 spiro atoms. The highest BCUT2D eigenvalue weighted by molar-refractivity contribution is 6.35. The normalized spacial score (nSPS) is 15.2. The molecular formula is C10H9ClN2. The largest absolute Gasteiger partial charge is 0.357 e. The summed E-state index contributed by atoms with van der Waals surface area (Å²) < 4.78 is 0. The van der Waals surface area contributed by atoms with Crippen LogP contribution in [-0.4, -0.2) is 4.98 Å². The van der Waals surface area contributed by atoms with Crippen LogP contribution in [0.5, 0.6) is 0 Å². The van der Waals surface area contributed by atoms with Crippen LogP contribution in [0, 0.1) is 0 Å². The maximum Gasteiger partial charge on any atom is 0.0503 e. The Hall–Kier alpha value is -0.990. The van der Waals surface area contributed by atoms with E-state index in [1.807, 2.05) is 12.1 Å². The Bertz CT molecular complexity index is 473. The fraction of sp³-hybridized carbons (Fsp3) is 0.200. The molecule has 0 saturated heterocycles. The summed E-state index contributed by atoms with van der Waals surface area (Å²) in [5.74, 6) is 0. The molecule has 0 amide bonds. The van der Waals surface area contributed by atoms with Crippen LogP contribution in [0.3, 0.4) is 0 Å². The second kappa shape index (κ2) is 2.50. The highest BCUT2D eigenvalue weighted by atomic mass is 35.5. The van der Waals surface area contributed by atoms with Gasteiger partial charge in [0.05, 0.1) is 5.02 Å². The summed E-state index contributed by atoms with van der Waals surface area (Å²) in [6.45, 7) is 1.86. The van der Waals surface area contributed by atoms with Gasteiger partial charge in [-0.05, 0) is 17.7 Å². The summed E-state index contributed by atoms with van der Waals surface area (Å²) in [5, 5.41) is 5.33. The molecular weight excluding hydrogens is 184 g/mol. The van der Waals surface area contributed by atoms with E-state index in [1.54, 1.807) is 0 Å². The van der Waals surface area contributed by atoms with Crippen LogP contribution >= 0.6 is 11.6 Å². The minimum Gasteiger partial charge on any atom is -0.357 e. The number of benzene rings is 1. The van der Waals surface area contributed by atoms with Gasteiger partial charge >= 0.3 is 0 Å². The van der Waals surface area contributed by atoms with Crippen molar-refractivity contribution in [2.75, 3.05) is 0 Å². The van der Waals surface area contributed by atoms with E-state index >= 15 is 0 Å². The Balaban J connectivity index is 2.46. The van der Waals surface area contributed by atoms with Crippen LogP contribution < -0.4 is 5.32 Å².